The molecule has 4 heteroatoms. The maximum absolute atomic E-state index is 11.9. The predicted molar refractivity (Wildman–Crippen MR) is 94.2 cm³/mol. The first-order chi connectivity index (χ1) is 11.7. The minimum atomic E-state index is 0.0130. The molecule has 2 fully saturated rings. The average molecular weight is 327 g/mol. The molecule has 0 aromatic heterocycles. The molecule has 1 aromatic rings. The Balaban J connectivity index is 1.50. The Morgan fingerprint density at radius 2 is 1.75 bits per heavy atom. The van der Waals surface area contributed by atoms with Crippen molar-refractivity contribution >= 4 is 11.8 Å². The number of imide groups is 1. The Bertz CT molecular complexity index is 542. The van der Waals surface area contributed by atoms with E-state index in [9.17, 15) is 9.59 Å². The third-order valence-corrected chi connectivity index (χ3v) is 5.10. The monoisotopic (exact) mass is 327 g/mol. The van der Waals surface area contributed by atoms with Gasteiger partial charge in [-0.1, -0.05) is 30.3 Å². The molecule has 2 aliphatic heterocycles. The van der Waals surface area contributed by atoms with Crippen LogP contribution in [0.3, 0.4) is 0 Å². The molecule has 1 atom stereocenters. The molecular formula is C20H27N2O2. The summed E-state index contributed by atoms with van der Waals surface area (Å²) in [5, 5.41) is 0. The molecule has 1 aromatic carbocycles. The van der Waals surface area contributed by atoms with Crippen LogP contribution in [0.25, 0.3) is 0 Å². The van der Waals surface area contributed by atoms with E-state index in [2.05, 4.69) is 41.7 Å². The average Bonchev–Trinajstić information content (AvgIpc) is 2.60. The first-order valence-corrected chi connectivity index (χ1v) is 9.17. The minimum absolute atomic E-state index is 0.0130. The molecule has 1 radical (unpaired) electrons. The first-order valence-electron chi connectivity index (χ1n) is 9.17. The number of rotatable bonds is 6. The van der Waals surface area contributed by atoms with Crippen molar-refractivity contribution in [2.24, 2.45) is 0 Å². The van der Waals surface area contributed by atoms with Gasteiger partial charge in [0.25, 0.3) is 0 Å². The van der Waals surface area contributed by atoms with Crippen molar-refractivity contribution in [1.29, 1.82) is 0 Å². The number of benzene rings is 1. The molecule has 0 spiro atoms. The van der Waals surface area contributed by atoms with Crippen molar-refractivity contribution in [3.05, 3.63) is 42.3 Å². The Morgan fingerprint density at radius 3 is 2.50 bits per heavy atom. The van der Waals surface area contributed by atoms with Crippen LogP contribution < -0.4 is 0 Å². The predicted octanol–water partition coefficient (Wildman–Crippen LogP) is 2.83. The van der Waals surface area contributed by atoms with Crippen LogP contribution in [0.1, 0.15) is 44.1 Å². The van der Waals surface area contributed by atoms with E-state index in [0.29, 0.717) is 25.4 Å². The van der Waals surface area contributed by atoms with Crippen molar-refractivity contribution in [2.75, 3.05) is 19.6 Å². The van der Waals surface area contributed by atoms with Crippen molar-refractivity contribution in [1.82, 2.24) is 9.80 Å². The lowest BCUT2D eigenvalue weighted by atomic mass is 9.95. The molecule has 2 amide bonds. The van der Waals surface area contributed by atoms with Crippen LogP contribution in [0.15, 0.2) is 30.3 Å². The SMILES string of the molecule is O=C1CCCC(=O)N1CCCN1CC[CH]CC1Cc1ccccc1. The molecule has 3 rings (SSSR count). The largest absolute Gasteiger partial charge is 0.300 e. The molecular weight excluding hydrogens is 300 g/mol. The lowest BCUT2D eigenvalue weighted by Crippen LogP contribution is -2.44. The van der Waals surface area contributed by atoms with Crippen LogP contribution in [0.4, 0.5) is 0 Å². The van der Waals surface area contributed by atoms with Gasteiger partial charge in [0.2, 0.25) is 11.8 Å². The molecule has 2 heterocycles. The van der Waals surface area contributed by atoms with Gasteiger partial charge in [0.1, 0.15) is 0 Å². The number of likely N-dealkylation sites (tertiary alicyclic amines) is 2. The third-order valence-electron chi connectivity index (χ3n) is 5.10. The van der Waals surface area contributed by atoms with Gasteiger partial charge in [-0.2, -0.15) is 0 Å². The van der Waals surface area contributed by atoms with E-state index in [-0.39, 0.29) is 11.8 Å². The summed E-state index contributed by atoms with van der Waals surface area (Å²) >= 11 is 0. The van der Waals surface area contributed by atoms with Gasteiger partial charge in [0.05, 0.1) is 0 Å². The van der Waals surface area contributed by atoms with E-state index < -0.39 is 0 Å². The summed E-state index contributed by atoms with van der Waals surface area (Å²) < 4.78 is 0. The molecule has 4 nitrogen and oxygen atoms in total. The highest BCUT2D eigenvalue weighted by molar-refractivity contribution is 5.97. The highest BCUT2D eigenvalue weighted by Crippen LogP contribution is 2.21. The van der Waals surface area contributed by atoms with Gasteiger partial charge in [-0.05, 0) is 50.6 Å². The quantitative estimate of drug-likeness (QED) is 0.755. The zero-order valence-corrected chi connectivity index (χ0v) is 14.3. The molecule has 0 saturated carbocycles. The van der Waals surface area contributed by atoms with E-state index >= 15 is 0 Å². The maximum Gasteiger partial charge on any atom is 0.229 e. The lowest BCUT2D eigenvalue weighted by molar-refractivity contribution is -0.148. The van der Waals surface area contributed by atoms with Crippen LogP contribution in [-0.4, -0.2) is 47.3 Å². The van der Waals surface area contributed by atoms with Gasteiger partial charge in [-0.15, -0.1) is 0 Å². The van der Waals surface area contributed by atoms with Crippen molar-refractivity contribution in [3.8, 4) is 0 Å². The standard InChI is InChI=1S/C20H27N2O2/c23-19-11-6-12-20(24)22(19)15-7-14-21-13-5-4-10-18(21)16-17-8-2-1-3-9-17/h1-4,8-9,18H,5-7,10-16H2. The van der Waals surface area contributed by atoms with Gasteiger partial charge in [-0.3, -0.25) is 19.4 Å². The Labute approximate surface area is 144 Å². The van der Waals surface area contributed by atoms with Gasteiger partial charge in [0, 0.05) is 32.0 Å². The summed E-state index contributed by atoms with van der Waals surface area (Å²) in [6.07, 6.45) is 8.37. The summed E-state index contributed by atoms with van der Waals surface area (Å²) in [5.41, 5.74) is 1.38. The summed E-state index contributed by atoms with van der Waals surface area (Å²) in [7, 11) is 0. The van der Waals surface area contributed by atoms with Gasteiger partial charge < -0.3 is 0 Å². The number of nitrogens with zero attached hydrogens (tertiary/aromatic N) is 2. The van der Waals surface area contributed by atoms with Crippen LogP contribution in [-0.2, 0) is 16.0 Å². The number of amides is 2. The summed E-state index contributed by atoms with van der Waals surface area (Å²) in [4.78, 5) is 27.8. The van der Waals surface area contributed by atoms with Crippen LogP contribution in [0.2, 0.25) is 0 Å². The Hall–Kier alpha value is -1.68. The van der Waals surface area contributed by atoms with E-state index in [1.165, 1.54) is 10.5 Å². The Morgan fingerprint density at radius 1 is 1.00 bits per heavy atom. The fourth-order valence-electron chi connectivity index (χ4n) is 3.77. The second-order valence-corrected chi connectivity index (χ2v) is 6.84. The molecule has 0 aliphatic carbocycles. The van der Waals surface area contributed by atoms with E-state index in [1.54, 1.807) is 0 Å². The molecule has 0 bridgehead atoms. The van der Waals surface area contributed by atoms with Crippen LogP contribution >= 0.6 is 0 Å². The van der Waals surface area contributed by atoms with Crippen LogP contribution in [0, 0.1) is 6.42 Å². The van der Waals surface area contributed by atoms with E-state index in [1.807, 2.05) is 0 Å². The molecule has 2 aliphatic rings. The van der Waals surface area contributed by atoms with Crippen molar-refractivity contribution < 1.29 is 9.59 Å². The summed E-state index contributed by atoms with van der Waals surface area (Å²) in [6.45, 7) is 2.62. The number of hydrogen-bond acceptors (Lipinski definition) is 3. The molecule has 24 heavy (non-hydrogen) atoms. The summed E-state index contributed by atoms with van der Waals surface area (Å²) in [5.74, 6) is 0.0260. The van der Waals surface area contributed by atoms with E-state index in [0.717, 1.165) is 45.2 Å². The van der Waals surface area contributed by atoms with Gasteiger partial charge in [0.15, 0.2) is 0 Å². The highest BCUT2D eigenvalue weighted by Gasteiger charge is 2.26. The molecule has 1 unspecified atom stereocenters. The molecule has 129 valence electrons. The molecule has 0 N–H and O–H groups in total. The number of hydrogen-bond donors (Lipinski definition) is 0. The highest BCUT2D eigenvalue weighted by atomic mass is 16.2. The van der Waals surface area contributed by atoms with E-state index in [4.69, 9.17) is 0 Å². The smallest absolute Gasteiger partial charge is 0.229 e. The number of piperidine rings is 2. The van der Waals surface area contributed by atoms with Crippen molar-refractivity contribution in [2.45, 2.75) is 51.0 Å². The normalized spacial score (nSPS) is 22.8. The number of carbonyl (C=O) groups is 2. The Kier molecular flexibility index (Phi) is 6.02. The first kappa shape index (κ1) is 17.2. The fourth-order valence-corrected chi connectivity index (χ4v) is 3.77. The molecule has 2 saturated heterocycles. The number of carbonyl (C=O) groups excluding carboxylic acids is 2. The zero-order valence-electron chi connectivity index (χ0n) is 14.3. The summed E-state index contributed by atoms with van der Waals surface area (Å²) in [6, 6.07) is 11.2. The second-order valence-electron chi connectivity index (χ2n) is 6.84. The zero-order chi connectivity index (χ0) is 16.8. The third kappa shape index (κ3) is 4.44. The fraction of sp³-hybridized carbons (Fsp3) is 0.550. The van der Waals surface area contributed by atoms with Crippen molar-refractivity contribution in [3.63, 3.8) is 0 Å². The van der Waals surface area contributed by atoms with Gasteiger partial charge in [-0.25, -0.2) is 0 Å². The maximum atomic E-state index is 11.9. The second kappa shape index (κ2) is 8.43. The topological polar surface area (TPSA) is 40.6 Å². The lowest BCUT2D eigenvalue weighted by Gasteiger charge is -2.36. The minimum Gasteiger partial charge on any atom is -0.300 e. The van der Waals surface area contributed by atoms with Gasteiger partial charge >= 0.3 is 0 Å². The van der Waals surface area contributed by atoms with Crippen LogP contribution in [0.5, 0.6) is 0 Å².